The Bertz CT molecular complexity index is 1830. The van der Waals surface area contributed by atoms with Gasteiger partial charge in [-0.05, 0) is 67.3 Å². The fourth-order valence-corrected chi connectivity index (χ4v) is 7.48. The van der Waals surface area contributed by atoms with Crippen LogP contribution in [0.25, 0.3) is 0 Å². The third-order valence-electron chi connectivity index (χ3n) is 8.78. The van der Waals surface area contributed by atoms with Gasteiger partial charge in [-0.1, -0.05) is 73.0 Å². The number of halogens is 1. The van der Waals surface area contributed by atoms with E-state index in [-0.39, 0.29) is 41.2 Å². The third kappa shape index (κ3) is 8.77. The smallest absolute Gasteiger partial charge is 0.264 e. The van der Waals surface area contributed by atoms with Crippen LogP contribution in [0.1, 0.15) is 42.4 Å². The zero-order chi connectivity index (χ0) is 35.0. The van der Waals surface area contributed by atoms with E-state index >= 15 is 0 Å². The first kappa shape index (κ1) is 35.4. The molecule has 0 aliphatic heterocycles. The molecule has 4 aromatic rings. The molecule has 1 N–H and O–H groups in total. The van der Waals surface area contributed by atoms with E-state index in [0.29, 0.717) is 5.75 Å². The van der Waals surface area contributed by atoms with Crippen molar-refractivity contribution in [3.05, 3.63) is 120 Å². The molecule has 1 unspecified atom stereocenters. The van der Waals surface area contributed by atoms with Gasteiger partial charge in [-0.3, -0.25) is 13.9 Å². The number of amides is 2. The van der Waals surface area contributed by atoms with Gasteiger partial charge in [0.15, 0.2) is 11.5 Å². The normalized spacial score (nSPS) is 13.8. The molecule has 1 aliphatic rings. The summed E-state index contributed by atoms with van der Waals surface area (Å²) in [6.07, 6.45) is 3.97. The summed E-state index contributed by atoms with van der Waals surface area (Å²) in [4.78, 5) is 30.1. The van der Waals surface area contributed by atoms with Crippen molar-refractivity contribution in [3.8, 4) is 11.5 Å². The van der Waals surface area contributed by atoms with E-state index in [1.165, 1.54) is 49.5 Å². The van der Waals surface area contributed by atoms with E-state index in [1.807, 2.05) is 61.5 Å². The number of carbonyl (C=O) groups excluding carboxylic acids is 2. The second kappa shape index (κ2) is 16.0. The Balaban J connectivity index is 1.57. The number of ether oxygens (including phenoxy) is 2. The average Bonchev–Trinajstić information content (AvgIpc) is 3.63. The highest BCUT2D eigenvalue weighted by molar-refractivity contribution is 7.92. The van der Waals surface area contributed by atoms with Crippen LogP contribution in [0.2, 0.25) is 0 Å². The fourth-order valence-electron chi connectivity index (χ4n) is 6.05. The first-order chi connectivity index (χ1) is 23.6. The van der Waals surface area contributed by atoms with Crippen LogP contribution in [0, 0.1) is 12.7 Å². The molecule has 0 bridgehead atoms. The zero-order valence-electron chi connectivity index (χ0n) is 28.0. The lowest BCUT2D eigenvalue weighted by atomic mass is 10.0. The number of aryl methyl sites for hydroxylation is 1. The molecule has 1 fully saturated rings. The quantitative estimate of drug-likeness (QED) is 0.173. The lowest BCUT2D eigenvalue weighted by Gasteiger charge is -2.34. The summed E-state index contributed by atoms with van der Waals surface area (Å²) in [5, 5.41) is 3.17. The van der Waals surface area contributed by atoms with Gasteiger partial charge in [0.2, 0.25) is 11.8 Å². The second-order valence-corrected chi connectivity index (χ2v) is 14.1. The molecule has 0 radical (unpaired) electrons. The molecule has 1 saturated carbocycles. The lowest BCUT2D eigenvalue weighted by Crippen LogP contribution is -2.54. The van der Waals surface area contributed by atoms with E-state index in [9.17, 15) is 22.4 Å². The minimum atomic E-state index is -4.43. The van der Waals surface area contributed by atoms with Crippen molar-refractivity contribution in [3.63, 3.8) is 0 Å². The van der Waals surface area contributed by atoms with Gasteiger partial charge in [-0.15, -0.1) is 0 Å². The number of carbonyl (C=O) groups is 2. The van der Waals surface area contributed by atoms with Gasteiger partial charge < -0.3 is 19.7 Å². The number of nitrogens with zero attached hydrogens (tertiary/aromatic N) is 2. The summed E-state index contributed by atoms with van der Waals surface area (Å²) >= 11 is 0. The van der Waals surface area contributed by atoms with Crippen LogP contribution in [0.5, 0.6) is 11.5 Å². The van der Waals surface area contributed by atoms with Gasteiger partial charge >= 0.3 is 0 Å². The number of nitrogens with one attached hydrogen (secondary N) is 1. The Kier molecular flexibility index (Phi) is 11.6. The summed E-state index contributed by atoms with van der Waals surface area (Å²) in [6.45, 7) is 1.36. The van der Waals surface area contributed by atoms with Crippen LogP contribution < -0.4 is 19.1 Å². The molecule has 258 valence electrons. The molecule has 1 aliphatic carbocycles. The standard InChI is InChI=1S/C38H42FN3O6S/c1-27-13-15-29(16-14-27)25-41(34(23-28-9-5-4-6-10-28)38(44)40-31-11-7-8-12-31)37(43)26-42(32-19-17-30(39)18-20-32)49(45,46)33-21-22-35(47-2)36(24-33)48-3/h4-6,9-10,13-22,24,31,34H,7-8,11-12,23,25-26H2,1-3H3,(H,40,44). The summed E-state index contributed by atoms with van der Waals surface area (Å²) < 4.78 is 54.4. The second-order valence-electron chi connectivity index (χ2n) is 12.2. The van der Waals surface area contributed by atoms with Crippen LogP contribution in [-0.2, 0) is 32.6 Å². The highest BCUT2D eigenvalue weighted by Crippen LogP contribution is 2.32. The molecule has 9 nitrogen and oxygen atoms in total. The van der Waals surface area contributed by atoms with Gasteiger partial charge in [-0.2, -0.15) is 0 Å². The molecule has 0 heterocycles. The van der Waals surface area contributed by atoms with Crippen LogP contribution in [0.3, 0.4) is 0 Å². The molecular weight excluding hydrogens is 645 g/mol. The molecule has 0 aromatic heterocycles. The van der Waals surface area contributed by atoms with Gasteiger partial charge in [0.25, 0.3) is 10.0 Å². The number of sulfonamides is 1. The van der Waals surface area contributed by atoms with Crippen LogP contribution in [0.4, 0.5) is 10.1 Å². The van der Waals surface area contributed by atoms with Crippen molar-refractivity contribution in [2.24, 2.45) is 0 Å². The van der Waals surface area contributed by atoms with Crippen LogP contribution in [0.15, 0.2) is 102 Å². The lowest BCUT2D eigenvalue weighted by molar-refractivity contribution is -0.140. The van der Waals surface area contributed by atoms with Crippen LogP contribution >= 0.6 is 0 Å². The van der Waals surface area contributed by atoms with Gasteiger partial charge in [0, 0.05) is 25.1 Å². The van der Waals surface area contributed by atoms with Crippen LogP contribution in [-0.4, -0.2) is 58.0 Å². The molecule has 5 rings (SSSR count). The maximum atomic E-state index is 14.7. The Morgan fingerprint density at radius 3 is 2.14 bits per heavy atom. The Labute approximate surface area is 287 Å². The molecule has 0 spiro atoms. The van der Waals surface area contributed by atoms with E-state index in [0.717, 1.165) is 58.8 Å². The summed E-state index contributed by atoms with van der Waals surface area (Å²) in [5.41, 5.74) is 2.74. The number of benzene rings is 4. The third-order valence-corrected chi connectivity index (χ3v) is 10.6. The molecule has 0 saturated heterocycles. The van der Waals surface area contributed by atoms with E-state index in [4.69, 9.17) is 9.47 Å². The van der Waals surface area contributed by atoms with Gasteiger partial charge in [0.1, 0.15) is 18.4 Å². The minimum Gasteiger partial charge on any atom is -0.493 e. The number of hydrogen-bond acceptors (Lipinski definition) is 6. The predicted octanol–water partition coefficient (Wildman–Crippen LogP) is 6.05. The Hall–Kier alpha value is -4.90. The summed E-state index contributed by atoms with van der Waals surface area (Å²) in [7, 11) is -1.60. The largest absolute Gasteiger partial charge is 0.493 e. The average molecular weight is 688 g/mol. The van der Waals surface area contributed by atoms with Crippen molar-refractivity contribution in [2.75, 3.05) is 25.1 Å². The Morgan fingerprint density at radius 1 is 0.857 bits per heavy atom. The molecule has 1 atom stereocenters. The van der Waals surface area contributed by atoms with Crippen molar-refractivity contribution >= 4 is 27.5 Å². The SMILES string of the molecule is COc1ccc(S(=O)(=O)N(CC(=O)N(Cc2ccc(C)cc2)C(Cc2ccccc2)C(=O)NC2CCCC2)c2ccc(F)cc2)cc1OC. The van der Waals surface area contributed by atoms with Crippen molar-refractivity contribution in [1.82, 2.24) is 10.2 Å². The zero-order valence-corrected chi connectivity index (χ0v) is 28.8. The molecule has 49 heavy (non-hydrogen) atoms. The van der Waals surface area contributed by atoms with Crippen molar-refractivity contribution < 1.29 is 31.9 Å². The van der Waals surface area contributed by atoms with Gasteiger partial charge in [-0.25, -0.2) is 12.8 Å². The first-order valence-corrected chi connectivity index (χ1v) is 17.7. The molecule has 11 heteroatoms. The summed E-state index contributed by atoms with van der Waals surface area (Å²) in [6, 6.07) is 25.1. The number of methoxy groups -OCH3 is 2. The predicted molar refractivity (Wildman–Crippen MR) is 187 cm³/mol. The van der Waals surface area contributed by atoms with Crippen molar-refractivity contribution in [2.45, 2.75) is 62.6 Å². The topological polar surface area (TPSA) is 105 Å². The monoisotopic (exact) mass is 687 g/mol. The molecule has 4 aromatic carbocycles. The number of hydrogen-bond donors (Lipinski definition) is 1. The summed E-state index contributed by atoms with van der Waals surface area (Å²) in [5.74, 6) is -0.955. The highest BCUT2D eigenvalue weighted by Gasteiger charge is 2.36. The van der Waals surface area contributed by atoms with Gasteiger partial charge in [0.05, 0.1) is 24.8 Å². The molecular formula is C38H42FN3O6S. The van der Waals surface area contributed by atoms with Crippen molar-refractivity contribution in [1.29, 1.82) is 0 Å². The van der Waals surface area contributed by atoms with E-state index in [1.54, 1.807) is 0 Å². The molecule has 2 amide bonds. The number of rotatable bonds is 14. The fraction of sp³-hybridized carbons (Fsp3) is 0.316. The minimum absolute atomic E-state index is 0.00300. The number of anilines is 1. The maximum Gasteiger partial charge on any atom is 0.264 e. The van der Waals surface area contributed by atoms with E-state index in [2.05, 4.69) is 5.32 Å². The first-order valence-electron chi connectivity index (χ1n) is 16.3. The van der Waals surface area contributed by atoms with E-state index < -0.39 is 34.3 Å². The maximum absolute atomic E-state index is 14.7. The highest BCUT2D eigenvalue weighted by atomic mass is 32.2. The Morgan fingerprint density at radius 2 is 1.51 bits per heavy atom.